The van der Waals surface area contributed by atoms with Gasteiger partial charge in [-0.15, -0.1) is 0 Å². The topological polar surface area (TPSA) is 67.8 Å². The van der Waals surface area contributed by atoms with Crippen molar-refractivity contribution in [2.24, 2.45) is 0 Å². The van der Waals surface area contributed by atoms with Gasteiger partial charge in [-0.3, -0.25) is 0 Å². The number of carboxylic acid groups (broad SMARTS) is 1. The number of rotatable bonds is 7. The van der Waals surface area contributed by atoms with Crippen molar-refractivity contribution >= 4 is 6.09 Å². The molecule has 0 fully saturated rings. The van der Waals surface area contributed by atoms with Crippen molar-refractivity contribution < 1.29 is 19.4 Å². The SMILES string of the molecule is Cc1cc(OCCC(C)NC(=O)O)ccc1Oc1ccccc1. The summed E-state index contributed by atoms with van der Waals surface area (Å²) in [6, 6.07) is 15.1. The first-order valence-electron chi connectivity index (χ1n) is 7.50. The molecule has 0 aromatic heterocycles. The van der Waals surface area contributed by atoms with Crippen molar-refractivity contribution in [3.05, 3.63) is 54.1 Å². The molecule has 0 saturated carbocycles. The van der Waals surface area contributed by atoms with Crippen molar-refractivity contribution in [1.29, 1.82) is 0 Å². The van der Waals surface area contributed by atoms with Gasteiger partial charge in [0.15, 0.2) is 0 Å². The minimum Gasteiger partial charge on any atom is -0.494 e. The van der Waals surface area contributed by atoms with Gasteiger partial charge in [-0.05, 0) is 49.7 Å². The lowest BCUT2D eigenvalue weighted by atomic mass is 10.2. The molecule has 0 radical (unpaired) electrons. The number of carbonyl (C=O) groups is 1. The van der Waals surface area contributed by atoms with Crippen molar-refractivity contribution in [2.45, 2.75) is 26.3 Å². The van der Waals surface area contributed by atoms with Crippen LogP contribution in [0.5, 0.6) is 17.2 Å². The molecule has 23 heavy (non-hydrogen) atoms. The molecule has 2 rings (SSSR count). The van der Waals surface area contributed by atoms with Gasteiger partial charge in [0, 0.05) is 12.5 Å². The Balaban J connectivity index is 1.88. The Hall–Kier alpha value is -2.69. The molecule has 0 aliphatic heterocycles. The summed E-state index contributed by atoms with van der Waals surface area (Å²) in [5.41, 5.74) is 0.975. The molecule has 2 N–H and O–H groups in total. The molecule has 122 valence electrons. The summed E-state index contributed by atoms with van der Waals surface area (Å²) in [5.74, 6) is 2.31. The van der Waals surface area contributed by atoms with E-state index in [-0.39, 0.29) is 6.04 Å². The Kier molecular flexibility index (Phi) is 5.86. The first-order valence-corrected chi connectivity index (χ1v) is 7.50. The summed E-state index contributed by atoms with van der Waals surface area (Å²) in [6.45, 7) is 4.21. The molecule has 5 nitrogen and oxygen atoms in total. The smallest absolute Gasteiger partial charge is 0.404 e. The second-order valence-corrected chi connectivity index (χ2v) is 5.33. The van der Waals surface area contributed by atoms with Crippen molar-refractivity contribution in [3.8, 4) is 17.2 Å². The van der Waals surface area contributed by atoms with E-state index in [0.29, 0.717) is 13.0 Å². The Labute approximate surface area is 135 Å². The minimum atomic E-state index is -1.02. The van der Waals surface area contributed by atoms with Gasteiger partial charge >= 0.3 is 6.09 Å². The normalized spacial score (nSPS) is 11.6. The third-order valence-electron chi connectivity index (χ3n) is 3.31. The summed E-state index contributed by atoms with van der Waals surface area (Å²) in [7, 11) is 0. The molecule has 2 aromatic rings. The number of hydrogen-bond acceptors (Lipinski definition) is 3. The highest BCUT2D eigenvalue weighted by molar-refractivity contribution is 5.64. The number of benzene rings is 2. The maximum atomic E-state index is 10.5. The van der Waals surface area contributed by atoms with Crippen LogP contribution in [0.1, 0.15) is 18.9 Å². The van der Waals surface area contributed by atoms with E-state index in [4.69, 9.17) is 14.6 Å². The fourth-order valence-corrected chi connectivity index (χ4v) is 2.08. The first-order chi connectivity index (χ1) is 11.0. The van der Waals surface area contributed by atoms with E-state index in [1.807, 2.05) is 55.5 Å². The predicted molar refractivity (Wildman–Crippen MR) is 88.4 cm³/mol. The lowest BCUT2D eigenvalue weighted by Crippen LogP contribution is -2.32. The maximum absolute atomic E-state index is 10.5. The van der Waals surface area contributed by atoms with Gasteiger partial charge in [0.1, 0.15) is 17.2 Å². The Bertz CT molecular complexity index is 643. The van der Waals surface area contributed by atoms with Crippen molar-refractivity contribution in [2.75, 3.05) is 6.61 Å². The highest BCUT2D eigenvalue weighted by Gasteiger charge is 2.07. The number of para-hydroxylation sites is 1. The molecule has 1 unspecified atom stereocenters. The zero-order chi connectivity index (χ0) is 16.7. The van der Waals surface area contributed by atoms with Crippen LogP contribution in [-0.2, 0) is 0 Å². The van der Waals surface area contributed by atoms with E-state index in [2.05, 4.69) is 5.32 Å². The van der Waals surface area contributed by atoms with Gasteiger partial charge in [-0.1, -0.05) is 18.2 Å². The molecule has 2 aromatic carbocycles. The number of amides is 1. The van der Waals surface area contributed by atoms with Gasteiger partial charge in [-0.2, -0.15) is 0 Å². The molecule has 0 bridgehead atoms. The quantitative estimate of drug-likeness (QED) is 0.803. The van der Waals surface area contributed by atoms with E-state index in [1.54, 1.807) is 6.92 Å². The molecule has 0 saturated heterocycles. The van der Waals surface area contributed by atoms with Crippen LogP contribution in [0.4, 0.5) is 4.79 Å². The van der Waals surface area contributed by atoms with Gasteiger partial charge in [0.05, 0.1) is 6.61 Å². The van der Waals surface area contributed by atoms with E-state index in [9.17, 15) is 4.79 Å². The number of ether oxygens (including phenoxy) is 2. The summed E-state index contributed by atoms with van der Waals surface area (Å²) in [5, 5.41) is 11.0. The lowest BCUT2D eigenvalue weighted by Gasteiger charge is -2.14. The van der Waals surface area contributed by atoms with Crippen LogP contribution < -0.4 is 14.8 Å². The zero-order valence-corrected chi connectivity index (χ0v) is 13.3. The fraction of sp³-hybridized carbons (Fsp3) is 0.278. The van der Waals surface area contributed by atoms with Crippen LogP contribution in [0, 0.1) is 6.92 Å². The van der Waals surface area contributed by atoms with E-state index in [0.717, 1.165) is 22.8 Å². The zero-order valence-electron chi connectivity index (χ0n) is 13.3. The molecule has 5 heteroatoms. The van der Waals surface area contributed by atoms with Gasteiger partial charge in [-0.25, -0.2) is 4.79 Å². The van der Waals surface area contributed by atoms with E-state index >= 15 is 0 Å². The molecule has 1 atom stereocenters. The first kappa shape index (κ1) is 16.7. The molecule has 0 aliphatic rings. The van der Waals surface area contributed by atoms with Gasteiger partial charge < -0.3 is 19.9 Å². The standard InChI is InChI=1S/C18H21NO4/c1-13-12-16(22-11-10-14(2)19-18(20)21)8-9-17(13)23-15-6-4-3-5-7-15/h3-9,12,14,19H,10-11H2,1-2H3,(H,20,21). The van der Waals surface area contributed by atoms with Crippen LogP contribution in [0.25, 0.3) is 0 Å². The van der Waals surface area contributed by atoms with Crippen LogP contribution in [0.15, 0.2) is 48.5 Å². The average Bonchev–Trinajstić information content (AvgIpc) is 2.50. The van der Waals surface area contributed by atoms with Crippen molar-refractivity contribution in [3.63, 3.8) is 0 Å². The average molecular weight is 315 g/mol. The van der Waals surface area contributed by atoms with E-state index in [1.165, 1.54) is 0 Å². The maximum Gasteiger partial charge on any atom is 0.404 e. The second kappa shape index (κ2) is 8.08. The number of aryl methyl sites for hydroxylation is 1. The molecular formula is C18H21NO4. The van der Waals surface area contributed by atoms with Gasteiger partial charge in [0.25, 0.3) is 0 Å². The van der Waals surface area contributed by atoms with Gasteiger partial charge in [0.2, 0.25) is 0 Å². The fourth-order valence-electron chi connectivity index (χ4n) is 2.08. The molecule has 0 spiro atoms. The van der Waals surface area contributed by atoms with Crippen LogP contribution >= 0.6 is 0 Å². The molecule has 1 amide bonds. The third kappa shape index (κ3) is 5.54. The van der Waals surface area contributed by atoms with Crippen LogP contribution in [-0.4, -0.2) is 23.8 Å². The molecular weight excluding hydrogens is 294 g/mol. The molecule has 0 heterocycles. The highest BCUT2D eigenvalue weighted by atomic mass is 16.5. The van der Waals surface area contributed by atoms with Crippen molar-refractivity contribution in [1.82, 2.24) is 5.32 Å². The summed E-state index contributed by atoms with van der Waals surface area (Å²) in [6.07, 6.45) is -0.413. The second-order valence-electron chi connectivity index (χ2n) is 5.33. The Morgan fingerprint density at radius 3 is 2.57 bits per heavy atom. The summed E-state index contributed by atoms with van der Waals surface area (Å²) in [4.78, 5) is 10.5. The van der Waals surface area contributed by atoms with E-state index < -0.39 is 6.09 Å². The minimum absolute atomic E-state index is 0.144. The summed E-state index contributed by atoms with van der Waals surface area (Å²) < 4.78 is 11.5. The lowest BCUT2D eigenvalue weighted by molar-refractivity contribution is 0.188. The van der Waals surface area contributed by atoms with Crippen LogP contribution in [0.2, 0.25) is 0 Å². The monoisotopic (exact) mass is 315 g/mol. The number of nitrogens with one attached hydrogen (secondary N) is 1. The Morgan fingerprint density at radius 2 is 1.91 bits per heavy atom. The third-order valence-corrected chi connectivity index (χ3v) is 3.31. The highest BCUT2D eigenvalue weighted by Crippen LogP contribution is 2.28. The molecule has 0 aliphatic carbocycles. The Morgan fingerprint density at radius 1 is 1.17 bits per heavy atom. The van der Waals surface area contributed by atoms with Crippen LogP contribution in [0.3, 0.4) is 0 Å². The summed E-state index contributed by atoms with van der Waals surface area (Å²) >= 11 is 0. The predicted octanol–water partition coefficient (Wildman–Crippen LogP) is 4.21. The number of hydrogen-bond donors (Lipinski definition) is 2. The largest absolute Gasteiger partial charge is 0.494 e.